The maximum Gasteiger partial charge on any atom is 0.336 e. The Morgan fingerprint density at radius 1 is 1.11 bits per heavy atom. The molecule has 1 atom stereocenters. The molecule has 1 heterocycles. The van der Waals surface area contributed by atoms with E-state index in [0.29, 0.717) is 16.9 Å². The second kappa shape index (κ2) is 9.47. The molecule has 2 N–H and O–H groups in total. The molecule has 1 aliphatic heterocycles. The van der Waals surface area contributed by atoms with Crippen molar-refractivity contribution in [2.75, 3.05) is 0 Å². The van der Waals surface area contributed by atoms with E-state index in [0.717, 1.165) is 5.56 Å². The second-order valence-corrected chi connectivity index (χ2v) is 9.31. The topological polar surface area (TPSA) is 85.3 Å². The van der Waals surface area contributed by atoms with Crippen molar-refractivity contribution >= 4 is 12.0 Å². The van der Waals surface area contributed by atoms with Gasteiger partial charge in [0.05, 0.1) is 5.92 Å². The summed E-state index contributed by atoms with van der Waals surface area (Å²) in [5, 5.41) is 9.63. The number of fused-ring (bicyclic) bond motifs is 1. The Kier molecular flexibility index (Phi) is 6.44. The molecule has 176 valence electrons. The summed E-state index contributed by atoms with van der Waals surface area (Å²) in [5.74, 6) is -1.05. The number of halogens is 1. The van der Waals surface area contributed by atoms with Crippen LogP contribution in [0.1, 0.15) is 48.9 Å². The van der Waals surface area contributed by atoms with Gasteiger partial charge in [-0.15, -0.1) is 0 Å². The summed E-state index contributed by atoms with van der Waals surface area (Å²) in [5.41, 5.74) is 9.51. The van der Waals surface area contributed by atoms with Gasteiger partial charge in [-0.3, -0.25) is 0 Å². The molecule has 0 amide bonds. The van der Waals surface area contributed by atoms with E-state index in [2.05, 4.69) is 26.8 Å². The molecule has 0 saturated heterocycles. The van der Waals surface area contributed by atoms with Crippen molar-refractivity contribution in [1.82, 2.24) is 0 Å². The molecule has 5 nitrogen and oxygen atoms in total. The molecule has 0 aromatic heterocycles. The van der Waals surface area contributed by atoms with Crippen LogP contribution in [0.3, 0.4) is 0 Å². The molecule has 35 heavy (non-hydrogen) atoms. The number of rotatable bonds is 4. The zero-order valence-electron chi connectivity index (χ0n) is 19.7. The molecule has 0 saturated carbocycles. The summed E-state index contributed by atoms with van der Waals surface area (Å²) in [6, 6.07) is 20.9. The first-order chi connectivity index (χ1) is 16.7. The Balaban J connectivity index is 1.54. The Morgan fingerprint density at radius 3 is 2.51 bits per heavy atom. The number of hydrogen-bond donors (Lipinski definition) is 1. The number of carbonyl (C=O) groups excluding carboxylic acids is 1. The van der Waals surface area contributed by atoms with Crippen LogP contribution < -0.4 is 15.2 Å². The molecule has 3 aromatic carbocycles. The van der Waals surface area contributed by atoms with Crippen LogP contribution >= 0.6 is 0 Å². The van der Waals surface area contributed by atoms with Crippen LogP contribution in [0.5, 0.6) is 11.5 Å². The van der Waals surface area contributed by atoms with Gasteiger partial charge in [-0.05, 0) is 46.4 Å². The van der Waals surface area contributed by atoms with Gasteiger partial charge < -0.3 is 15.2 Å². The summed E-state index contributed by atoms with van der Waals surface area (Å²) in [6.07, 6.45) is 3.04. The fraction of sp³-hybridized carbons (Fsp3) is 0.172. The zero-order valence-corrected chi connectivity index (χ0v) is 19.7. The molecular formula is C29H25FN2O3. The number of carbonyl (C=O) groups is 1. The summed E-state index contributed by atoms with van der Waals surface area (Å²) < 4.78 is 25.0. The molecule has 0 bridgehead atoms. The normalized spacial score (nSPS) is 15.3. The summed E-state index contributed by atoms with van der Waals surface area (Å²) in [7, 11) is 0. The predicted octanol–water partition coefficient (Wildman–Crippen LogP) is 5.96. The number of nitriles is 1. The SMILES string of the molecule is CC(C)(C)c1ccc(/C=C/C(=O)Oc2ccc3c(c2)OC(N)=C(C#N)C3c2cccc(F)c2)cc1. The Labute approximate surface area is 203 Å². The van der Waals surface area contributed by atoms with E-state index in [1.54, 1.807) is 30.3 Å². The van der Waals surface area contributed by atoms with E-state index in [1.165, 1.54) is 29.8 Å². The predicted molar refractivity (Wildman–Crippen MR) is 132 cm³/mol. The maximum atomic E-state index is 13.9. The maximum absolute atomic E-state index is 13.9. The first-order valence-electron chi connectivity index (χ1n) is 11.1. The summed E-state index contributed by atoms with van der Waals surface area (Å²) in [4.78, 5) is 12.4. The average molecular weight is 469 g/mol. The van der Waals surface area contributed by atoms with Gasteiger partial charge in [0.1, 0.15) is 29.0 Å². The second-order valence-electron chi connectivity index (χ2n) is 9.31. The lowest BCUT2D eigenvalue weighted by atomic mass is 9.83. The number of benzene rings is 3. The van der Waals surface area contributed by atoms with Crippen molar-refractivity contribution in [2.45, 2.75) is 32.1 Å². The van der Waals surface area contributed by atoms with Crippen molar-refractivity contribution < 1.29 is 18.7 Å². The number of ether oxygens (including phenoxy) is 2. The van der Waals surface area contributed by atoms with E-state index >= 15 is 0 Å². The monoisotopic (exact) mass is 468 g/mol. The van der Waals surface area contributed by atoms with Crippen molar-refractivity contribution in [1.29, 1.82) is 5.26 Å². The van der Waals surface area contributed by atoms with E-state index < -0.39 is 17.7 Å². The minimum absolute atomic E-state index is 0.0516. The first-order valence-corrected chi connectivity index (χ1v) is 11.1. The van der Waals surface area contributed by atoms with Crippen LogP contribution in [-0.2, 0) is 10.2 Å². The summed E-state index contributed by atoms with van der Waals surface area (Å²) >= 11 is 0. The molecular weight excluding hydrogens is 443 g/mol. The lowest BCUT2D eigenvalue weighted by molar-refractivity contribution is -0.128. The van der Waals surface area contributed by atoms with Crippen LogP contribution in [-0.4, -0.2) is 5.97 Å². The number of nitrogens with two attached hydrogens (primary N) is 1. The van der Waals surface area contributed by atoms with Crippen molar-refractivity contribution in [2.24, 2.45) is 5.73 Å². The highest BCUT2D eigenvalue weighted by Crippen LogP contribution is 2.43. The summed E-state index contributed by atoms with van der Waals surface area (Å²) in [6.45, 7) is 6.42. The Bertz CT molecular complexity index is 1380. The number of allylic oxidation sites excluding steroid dienone is 1. The average Bonchev–Trinajstić information content (AvgIpc) is 2.81. The van der Waals surface area contributed by atoms with E-state index in [-0.39, 0.29) is 22.6 Å². The van der Waals surface area contributed by atoms with Crippen LogP contribution in [0.15, 0.2) is 84.3 Å². The van der Waals surface area contributed by atoms with E-state index in [4.69, 9.17) is 15.2 Å². The van der Waals surface area contributed by atoms with Gasteiger partial charge in [-0.1, -0.05) is 63.2 Å². The number of hydrogen-bond acceptors (Lipinski definition) is 5. The van der Waals surface area contributed by atoms with Crippen LogP contribution in [0.4, 0.5) is 4.39 Å². The molecule has 0 radical (unpaired) electrons. The third kappa shape index (κ3) is 5.25. The first kappa shape index (κ1) is 23.8. The number of nitrogens with zero attached hydrogens (tertiary/aromatic N) is 1. The highest BCUT2D eigenvalue weighted by atomic mass is 19.1. The molecule has 1 aliphatic rings. The molecule has 0 aliphatic carbocycles. The van der Waals surface area contributed by atoms with Crippen molar-refractivity contribution in [3.05, 3.63) is 112 Å². The Morgan fingerprint density at radius 2 is 1.86 bits per heavy atom. The van der Waals surface area contributed by atoms with E-state index in [9.17, 15) is 14.4 Å². The van der Waals surface area contributed by atoms with Gasteiger partial charge >= 0.3 is 5.97 Å². The van der Waals surface area contributed by atoms with Gasteiger partial charge in [0.25, 0.3) is 0 Å². The van der Waals surface area contributed by atoms with Crippen LogP contribution in [0.2, 0.25) is 0 Å². The minimum Gasteiger partial charge on any atom is -0.440 e. The smallest absolute Gasteiger partial charge is 0.336 e. The number of esters is 1. The lowest BCUT2D eigenvalue weighted by Gasteiger charge is -2.26. The Hall–Kier alpha value is -4.37. The van der Waals surface area contributed by atoms with Crippen molar-refractivity contribution in [3.8, 4) is 17.6 Å². The van der Waals surface area contributed by atoms with Gasteiger partial charge in [0.2, 0.25) is 5.88 Å². The fourth-order valence-electron chi connectivity index (χ4n) is 3.94. The van der Waals surface area contributed by atoms with Crippen molar-refractivity contribution in [3.63, 3.8) is 0 Å². The molecule has 0 fully saturated rings. The van der Waals surface area contributed by atoms with Gasteiger partial charge in [0, 0.05) is 17.7 Å². The van der Waals surface area contributed by atoms with E-state index in [1.807, 2.05) is 24.3 Å². The third-order valence-electron chi connectivity index (χ3n) is 5.78. The minimum atomic E-state index is -0.597. The highest BCUT2D eigenvalue weighted by molar-refractivity contribution is 5.88. The van der Waals surface area contributed by atoms with Gasteiger partial charge in [0.15, 0.2) is 0 Å². The largest absolute Gasteiger partial charge is 0.440 e. The molecule has 4 rings (SSSR count). The molecule has 1 unspecified atom stereocenters. The molecule has 6 heteroatoms. The van der Waals surface area contributed by atoms with Gasteiger partial charge in [-0.25, -0.2) is 9.18 Å². The third-order valence-corrected chi connectivity index (χ3v) is 5.78. The fourth-order valence-corrected chi connectivity index (χ4v) is 3.94. The van der Waals surface area contributed by atoms with Crippen LogP contribution in [0, 0.1) is 17.1 Å². The quantitative estimate of drug-likeness (QED) is 0.290. The highest BCUT2D eigenvalue weighted by Gasteiger charge is 2.31. The van der Waals surface area contributed by atoms with Gasteiger partial charge in [-0.2, -0.15) is 5.26 Å². The van der Waals surface area contributed by atoms with Crippen LogP contribution in [0.25, 0.3) is 6.08 Å². The zero-order chi connectivity index (χ0) is 25.2. The molecule has 0 spiro atoms. The standard InChI is InChI=1S/C29H25FN2O3/c1-29(2,3)20-10-7-18(8-11-20)9-14-26(33)34-22-12-13-23-25(16-22)35-28(32)24(17-31)27(23)19-5-4-6-21(30)15-19/h4-16,27H,32H2,1-3H3/b14-9+. The lowest BCUT2D eigenvalue weighted by Crippen LogP contribution is -2.21. The molecule has 3 aromatic rings.